The van der Waals surface area contributed by atoms with Crippen LogP contribution in [-0.2, 0) is 22.5 Å². The number of H-pyrrole nitrogens is 2. The summed E-state index contributed by atoms with van der Waals surface area (Å²) >= 11 is 0. The molecule has 0 amide bonds. The largest absolute Gasteiger partial charge is 0.468 e. The summed E-state index contributed by atoms with van der Waals surface area (Å²) in [5.41, 5.74) is 0.310. The van der Waals surface area contributed by atoms with Crippen LogP contribution in [0.3, 0.4) is 0 Å². The molecule has 0 spiro atoms. The second-order valence-electron chi connectivity index (χ2n) is 10.3. The molecule has 2 aromatic heterocycles. The molecule has 0 aliphatic rings. The van der Waals surface area contributed by atoms with Crippen LogP contribution in [0.2, 0.25) is 0 Å². The fourth-order valence-electron chi connectivity index (χ4n) is 4.36. The fourth-order valence-corrected chi connectivity index (χ4v) is 4.36. The Kier molecular flexibility index (Phi) is 11.4. The van der Waals surface area contributed by atoms with Crippen LogP contribution >= 0.6 is 0 Å². The topological polar surface area (TPSA) is 160 Å². The molecule has 0 saturated heterocycles. The second kappa shape index (κ2) is 15.2. The minimum absolute atomic E-state index is 0.0901. The summed E-state index contributed by atoms with van der Waals surface area (Å²) in [6, 6.07) is 22.2. The van der Waals surface area contributed by atoms with E-state index in [2.05, 4.69) is 37.5 Å². The molecule has 12 nitrogen and oxygen atoms in total. The third kappa shape index (κ3) is 9.45. The molecule has 4 rings (SSSR count). The first-order chi connectivity index (χ1) is 20.5. The van der Waals surface area contributed by atoms with Crippen molar-refractivity contribution in [1.29, 1.82) is 0 Å². The Labute approximate surface area is 248 Å². The molecule has 0 bridgehead atoms. The summed E-state index contributed by atoms with van der Waals surface area (Å²) in [6.45, 7) is 7.12. The van der Waals surface area contributed by atoms with Gasteiger partial charge in [-0.1, -0.05) is 60.7 Å². The number of hydrogen-bond acceptors (Lipinski definition) is 8. The molecule has 0 aliphatic carbocycles. The summed E-state index contributed by atoms with van der Waals surface area (Å²) in [4.78, 5) is 64.1. The van der Waals surface area contributed by atoms with Gasteiger partial charge in [-0.05, 0) is 45.2 Å². The normalized spacial score (nSPS) is 12.0. The van der Waals surface area contributed by atoms with Crippen molar-refractivity contribution in [3.05, 3.63) is 126 Å². The fraction of sp³-hybridized carbons (Fsp3) is 0.323. The lowest BCUT2D eigenvalue weighted by Gasteiger charge is -2.16. The summed E-state index contributed by atoms with van der Waals surface area (Å²) in [5, 5.41) is 6.22. The number of carbonyl (C=O) groups is 1. The summed E-state index contributed by atoms with van der Waals surface area (Å²) in [7, 11) is 1.19. The zero-order chi connectivity index (χ0) is 31.5. The van der Waals surface area contributed by atoms with Gasteiger partial charge in [0.2, 0.25) is 0 Å². The standard InChI is InChI=1S/C16H21N3O2.C15H17N3O4/c1-11(2)19-15(20)10-14(18-16(19)21)17-12(3)9-13-7-5-4-6-8-13;1-10(11-6-4-3-5-7-11)16-12-8-13(19)18(15(21)17-12)9-14(20)22-2/h4-8,10-12,17H,9H2,1-3H3,(H,18,21);3-8,10,16H,9H2,1-2H3,(H,17,21)/t12-;10-/m00/s1. The highest BCUT2D eigenvalue weighted by Crippen LogP contribution is 2.15. The maximum atomic E-state index is 11.9. The van der Waals surface area contributed by atoms with Crippen LogP contribution in [0.15, 0.2) is 92.0 Å². The van der Waals surface area contributed by atoms with Crippen LogP contribution in [-0.4, -0.2) is 38.2 Å². The van der Waals surface area contributed by atoms with E-state index in [0.29, 0.717) is 11.6 Å². The molecule has 4 aromatic rings. The molecule has 0 radical (unpaired) electrons. The summed E-state index contributed by atoms with van der Waals surface area (Å²) in [5.74, 6) is 0.101. The molecule has 2 aromatic carbocycles. The number of hydrogen-bond donors (Lipinski definition) is 4. The van der Waals surface area contributed by atoms with E-state index in [1.165, 1.54) is 29.4 Å². The van der Waals surface area contributed by atoms with Gasteiger partial charge in [0, 0.05) is 30.3 Å². The number of aromatic nitrogens is 4. The monoisotopic (exact) mass is 590 g/mol. The Morgan fingerprint density at radius 2 is 1.35 bits per heavy atom. The van der Waals surface area contributed by atoms with E-state index in [0.717, 1.165) is 16.6 Å². The van der Waals surface area contributed by atoms with E-state index >= 15 is 0 Å². The number of nitrogens with one attached hydrogen (secondary N) is 4. The minimum atomic E-state index is -0.666. The Morgan fingerprint density at radius 1 is 0.791 bits per heavy atom. The Balaban J connectivity index is 0.000000236. The lowest BCUT2D eigenvalue weighted by molar-refractivity contribution is -0.141. The van der Waals surface area contributed by atoms with E-state index in [-0.39, 0.29) is 29.4 Å². The first kappa shape index (κ1) is 32.4. The van der Waals surface area contributed by atoms with Gasteiger partial charge in [-0.25, -0.2) is 14.2 Å². The van der Waals surface area contributed by atoms with E-state index < -0.39 is 23.8 Å². The number of aromatic amines is 2. The lowest BCUT2D eigenvalue weighted by Crippen LogP contribution is -2.37. The van der Waals surface area contributed by atoms with Crippen LogP contribution in [0.5, 0.6) is 0 Å². The van der Waals surface area contributed by atoms with Gasteiger partial charge in [-0.2, -0.15) is 0 Å². The van der Waals surface area contributed by atoms with Crippen LogP contribution < -0.4 is 33.1 Å². The van der Waals surface area contributed by atoms with Crippen molar-refractivity contribution in [2.45, 2.75) is 58.8 Å². The quantitative estimate of drug-likeness (QED) is 0.205. The highest BCUT2D eigenvalue weighted by molar-refractivity contribution is 5.68. The third-order valence-electron chi connectivity index (χ3n) is 6.48. The van der Waals surface area contributed by atoms with Crippen molar-refractivity contribution in [2.24, 2.45) is 0 Å². The van der Waals surface area contributed by atoms with E-state index in [9.17, 15) is 24.0 Å². The number of methoxy groups -OCH3 is 1. The van der Waals surface area contributed by atoms with Gasteiger partial charge in [-0.3, -0.25) is 28.9 Å². The van der Waals surface area contributed by atoms with E-state index in [1.807, 2.05) is 76.2 Å². The Bertz CT molecular complexity index is 1660. The number of anilines is 2. The molecule has 12 heteroatoms. The molecular weight excluding hydrogens is 552 g/mol. The highest BCUT2D eigenvalue weighted by Gasteiger charge is 2.12. The maximum absolute atomic E-state index is 11.9. The lowest BCUT2D eigenvalue weighted by atomic mass is 10.1. The molecule has 0 saturated carbocycles. The number of esters is 1. The van der Waals surface area contributed by atoms with Crippen molar-refractivity contribution < 1.29 is 9.53 Å². The predicted molar refractivity (Wildman–Crippen MR) is 167 cm³/mol. The zero-order valence-corrected chi connectivity index (χ0v) is 24.9. The highest BCUT2D eigenvalue weighted by atomic mass is 16.5. The van der Waals surface area contributed by atoms with E-state index in [4.69, 9.17) is 0 Å². The first-order valence-electron chi connectivity index (χ1n) is 13.9. The maximum Gasteiger partial charge on any atom is 0.330 e. The van der Waals surface area contributed by atoms with Crippen LogP contribution in [0, 0.1) is 0 Å². The SMILES string of the molecule is CC(C)n1c(=O)cc(N[C@@H](C)Cc2ccccc2)[nH]c1=O.COC(=O)Cn1c(=O)cc(N[C@@H](C)c2ccccc2)[nH]c1=O. The minimum Gasteiger partial charge on any atom is -0.468 e. The predicted octanol–water partition coefficient (Wildman–Crippen LogP) is 3.04. The molecule has 228 valence electrons. The van der Waals surface area contributed by atoms with Gasteiger partial charge in [0.25, 0.3) is 11.1 Å². The van der Waals surface area contributed by atoms with Gasteiger partial charge in [0.1, 0.15) is 18.2 Å². The molecule has 2 heterocycles. The average Bonchev–Trinajstić information content (AvgIpc) is 2.95. The average molecular weight is 591 g/mol. The van der Waals surface area contributed by atoms with Gasteiger partial charge < -0.3 is 15.4 Å². The summed E-state index contributed by atoms with van der Waals surface area (Å²) < 4.78 is 6.43. The van der Waals surface area contributed by atoms with E-state index in [1.54, 1.807) is 0 Å². The molecule has 0 unspecified atom stereocenters. The van der Waals surface area contributed by atoms with Gasteiger partial charge in [-0.15, -0.1) is 0 Å². The molecular formula is C31H38N6O6. The molecule has 43 heavy (non-hydrogen) atoms. The summed E-state index contributed by atoms with van der Waals surface area (Å²) in [6.07, 6.45) is 0.816. The van der Waals surface area contributed by atoms with Gasteiger partial charge in [0.15, 0.2) is 0 Å². The number of rotatable bonds is 10. The number of ether oxygens (including phenoxy) is 1. The van der Waals surface area contributed by atoms with Gasteiger partial charge >= 0.3 is 17.3 Å². The second-order valence-corrected chi connectivity index (χ2v) is 10.3. The number of nitrogens with zero attached hydrogens (tertiary/aromatic N) is 2. The Hall–Kier alpha value is -5.13. The van der Waals surface area contributed by atoms with Crippen molar-refractivity contribution in [1.82, 2.24) is 19.1 Å². The third-order valence-corrected chi connectivity index (χ3v) is 6.48. The van der Waals surface area contributed by atoms with Gasteiger partial charge in [0.05, 0.1) is 7.11 Å². The first-order valence-corrected chi connectivity index (χ1v) is 13.9. The zero-order valence-electron chi connectivity index (χ0n) is 24.9. The molecule has 0 fully saturated rings. The van der Waals surface area contributed by atoms with Crippen molar-refractivity contribution in [3.63, 3.8) is 0 Å². The number of benzene rings is 2. The van der Waals surface area contributed by atoms with Crippen molar-refractivity contribution in [3.8, 4) is 0 Å². The van der Waals surface area contributed by atoms with Crippen LogP contribution in [0.4, 0.5) is 11.6 Å². The Morgan fingerprint density at radius 3 is 1.91 bits per heavy atom. The smallest absolute Gasteiger partial charge is 0.330 e. The number of carbonyl (C=O) groups excluding carboxylic acids is 1. The molecule has 0 aliphatic heterocycles. The van der Waals surface area contributed by atoms with Crippen molar-refractivity contribution >= 4 is 17.6 Å². The van der Waals surface area contributed by atoms with Crippen LogP contribution in [0.1, 0.15) is 50.9 Å². The van der Waals surface area contributed by atoms with Crippen molar-refractivity contribution in [2.75, 3.05) is 17.7 Å². The molecule has 4 N–H and O–H groups in total. The van der Waals surface area contributed by atoms with Crippen LogP contribution in [0.25, 0.3) is 0 Å². The molecule has 2 atom stereocenters.